The highest BCUT2D eigenvalue weighted by molar-refractivity contribution is 9.10. The number of nitrogens with one attached hydrogen (secondary N) is 3. The molecule has 0 aliphatic heterocycles. The van der Waals surface area contributed by atoms with Crippen molar-refractivity contribution in [3.8, 4) is 0 Å². The van der Waals surface area contributed by atoms with Crippen LogP contribution in [0, 0.1) is 13.8 Å². The van der Waals surface area contributed by atoms with Crippen LogP contribution in [0.25, 0.3) is 0 Å². The summed E-state index contributed by atoms with van der Waals surface area (Å²) in [5.41, 5.74) is 1.67. The van der Waals surface area contributed by atoms with Crippen LogP contribution in [0.4, 0.5) is 0 Å². The molecule has 6 nitrogen and oxygen atoms in total. The third-order valence-electron chi connectivity index (χ3n) is 3.51. The van der Waals surface area contributed by atoms with Crippen molar-refractivity contribution in [2.45, 2.75) is 27.3 Å². The van der Waals surface area contributed by atoms with Gasteiger partial charge in [-0.1, -0.05) is 22.0 Å². The lowest BCUT2D eigenvalue weighted by molar-refractivity contribution is 0.0954. The Balaban J connectivity index is 1.81. The van der Waals surface area contributed by atoms with E-state index in [-0.39, 0.29) is 5.91 Å². The average molecular weight is 438 g/mol. The maximum Gasteiger partial charge on any atom is 0.251 e. The Morgan fingerprint density at radius 1 is 1.23 bits per heavy atom. The highest BCUT2D eigenvalue weighted by Gasteiger charge is 2.06. The van der Waals surface area contributed by atoms with Gasteiger partial charge in [0.15, 0.2) is 5.96 Å². The summed E-state index contributed by atoms with van der Waals surface area (Å²) in [4.78, 5) is 22.3. The molecular weight excluding hydrogens is 414 g/mol. The second-order valence-corrected chi connectivity index (χ2v) is 7.83. The Morgan fingerprint density at radius 3 is 2.65 bits per heavy atom. The Hall–Kier alpha value is -1.93. The van der Waals surface area contributed by atoms with Crippen LogP contribution in [-0.2, 0) is 6.54 Å². The number of benzene rings is 1. The van der Waals surface area contributed by atoms with Gasteiger partial charge in [0.2, 0.25) is 0 Å². The average Bonchev–Trinajstić information content (AvgIpc) is 2.93. The summed E-state index contributed by atoms with van der Waals surface area (Å²) in [5.74, 6) is 0.639. The van der Waals surface area contributed by atoms with Crippen LogP contribution in [0.15, 0.2) is 33.7 Å². The molecular formula is C18H24BrN5OS. The summed E-state index contributed by atoms with van der Waals surface area (Å²) in [6.07, 6.45) is 0. The number of amides is 1. The number of aromatic nitrogens is 1. The van der Waals surface area contributed by atoms with Crippen molar-refractivity contribution in [1.29, 1.82) is 0 Å². The van der Waals surface area contributed by atoms with E-state index in [1.807, 2.05) is 32.9 Å². The number of hydrogen-bond acceptors (Lipinski definition) is 4. The third kappa shape index (κ3) is 6.42. The monoisotopic (exact) mass is 437 g/mol. The summed E-state index contributed by atoms with van der Waals surface area (Å²) >= 11 is 5.04. The van der Waals surface area contributed by atoms with Gasteiger partial charge in [0.05, 0.1) is 17.2 Å². The zero-order chi connectivity index (χ0) is 18.9. The highest BCUT2D eigenvalue weighted by Crippen LogP contribution is 2.17. The van der Waals surface area contributed by atoms with Crippen LogP contribution < -0.4 is 16.0 Å². The molecule has 0 fully saturated rings. The van der Waals surface area contributed by atoms with Crippen molar-refractivity contribution in [2.75, 3.05) is 19.6 Å². The number of aliphatic imine (C=N–C) groups is 1. The summed E-state index contributed by atoms with van der Waals surface area (Å²) in [7, 11) is 0. The number of nitrogens with zero attached hydrogens (tertiary/aromatic N) is 2. The Morgan fingerprint density at radius 2 is 2.00 bits per heavy atom. The Kier molecular flexibility index (Phi) is 8.06. The van der Waals surface area contributed by atoms with Crippen LogP contribution >= 0.6 is 27.3 Å². The van der Waals surface area contributed by atoms with Gasteiger partial charge in [-0.3, -0.25) is 4.79 Å². The van der Waals surface area contributed by atoms with Gasteiger partial charge in [-0.2, -0.15) is 0 Å². The van der Waals surface area contributed by atoms with Gasteiger partial charge in [-0.05, 0) is 39.0 Å². The van der Waals surface area contributed by atoms with Gasteiger partial charge < -0.3 is 16.0 Å². The van der Waals surface area contributed by atoms with Crippen LogP contribution in [0.5, 0.6) is 0 Å². The molecule has 1 aromatic heterocycles. The molecule has 0 bridgehead atoms. The minimum absolute atomic E-state index is 0.0919. The lowest BCUT2D eigenvalue weighted by Crippen LogP contribution is -2.41. The fourth-order valence-corrected chi connectivity index (χ4v) is 3.56. The Labute approximate surface area is 166 Å². The van der Waals surface area contributed by atoms with Crippen molar-refractivity contribution >= 4 is 39.1 Å². The van der Waals surface area contributed by atoms with Crippen molar-refractivity contribution in [3.05, 3.63) is 49.9 Å². The topological polar surface area (TPSA) is 78.4 Å². The molecule has 0 spiro atoms. The molecule has 2 aromatic rings. The summed E-state index contributed by atoms with van der Waals surface area (Å²) in [6.45, 7) is 8.50. The van der Waals surface area contributed by atoms with Crippen LogP contribution in [-0.4, -0.2) is 36.5 Å². The van der Waals surface area contributed by atoms with Crippen molar-refractivity contribution < 1.29 is 4.79 Å². The molecule has 0 aliphatic carbocycles. The molecule has 0 saturated carbocycles. The molecule has 1 aromatic carbocycles. The van der Waals surface area contributed by atoms with E-state index in [4.69, 9.17) is 0 Å². The maximum absolute atomic E-state index is 12.1. The summed E-state index contributed by atoms with van der Waals surface area (Å²) in [5, 5.41) is 10.4. The van der Waals surface area contributed by atoms with Gasteiger partial charge >= 0.3 is 0 Å². The number of carbonyl (C=O) groups excluding carboxylic acids is 1. The first-order valence-electron chi connectivity index (χ1n) is 8.48. The molecule has 1 heterocycles. The van der Waals surface area contributed by atoms with Crippen molar-refractivity contribution in [2.24, 2.45) is 4.99 Å². The summed E-state index contributed by atoms with van der Waals surface area (Å²) < 4.78 is 0.887. The van der Waals surface area contributed by atoms with Gasteiger partial charge in [0.25, 0.3) is 5.91 Å². The van der Waals surface area contributed by atoms with Crippen LogP contribution in [0.2, 0.25) is 0 Å². The van der Waals surface area contributed by atoms with E-state index in [1.165, 1.54) is 4.88 Å². The fourth-order valence-electron chi connectivity index (χ4n) is 2.30. The lowest BCUT2D eigenvalue weighted by atomic mass is 10.2. The molecule has 2 rings (SSSR count). The highest BCUT2D eigenvalue weighted by atomic mass is 79.9. The van der Waals surface area contributed by atoms with Gasteiger partial charge in [0, 0.05) is 34.5 Å². The normalized spacial score (nSPS) is 11.3. The lowest BCUT2D eigenvalue weighted by Gasteiger charge is -2.12. The van der Waals surface area contributed by atoms with Gasteiger partial charge in [-0.25, -0.2) is 9.98 Å². The standard InChI is InChI=1S/C18H24BrN5OS/c1-4-20-18(23-11-16-12(2)24-13(3)26-16)22-9-8-21-17(25)14-6-5-7-15(19)10-14/h5-7,10H,4,8-9,11H2,1-3H3,(H,21,25)(H2,20,22,23). The van der Waals surface area contributed by atoms with Gasteiger partial charge in [-0.15, -0.1) is 11.3 Å². The predicted octanol–water partition coefficient (Wildman–Crippen LogP) is 3.01. The molecule has 1 amide bonds. The second-order valence-electron chi connectivity index (χ2n) is 5.63. The fraction of sp³-hybridized carbons (Fsp3) is 0.389. The maximum atomic E-state index is 12.1. The Bertz CT molecular complexity index is 775. The van der Waals surface area contributed by atoms with E-state index in [0.717, 1.165) is 27.7 Å². The zero-order valence-electron chi connectivity index (χ0n) is 15.2. The molecule has 8 heteroatoms. The first-order valence-corrected chi connectivity index (χ1v) is 10.1. The van der Waals surface area contributed by atoms with E-state index in [1.54, 1.807) is 23.5 Å². The number of thiazole rings is 1. The SMILES string of the molecule is CCNC(=NCc1sc(C)nc1C)NCCNC(=O)c1cccc(Br)c1. The predicted molar refractivity (Wildman–Crippen MR) is 111 cm³/mol. The van der Waals surface area contributed by atoms with E-state index in [2.05, 4.69) is 41.9 Å². The molecule has 0 saturated heterocycles. The number of halogens is 1. The van der Waals surface area contributed by atoms with Crippen molar-refractivity contribution in [1.82, 2.24) is 20.9 Å². The summed E-state index contributed by atoms with van der Waals surface area (Å²) in [6, 6.07) is 7.33. The smallest absolute Gasteiger partial charge is 0.251 e. The molecule has 0 atom stereocenters. The minimum Gasteiger partial charge on any atom is -0.357 e. The molecule has 0 aliphatic rings. The number of guanidine groups is 1. The number of rotatable bonds is 7. The second kappa shape index (κ2) is 10.3. The number of carbonyl (C=O) groups is 1. The molecule has 26 heavy (non-hydrogen) atoms. The molecule has 0 radical (unpaired) electrons. The quantitative estimate of drug-likeness (QED) is 0.353. The minimum atomic E-state index is -0.0919. The molecule has 0 unspecified atom stereocenters. The van der Waals surface area contributed by atoms with Crippen LogP contribution in [0.3, 0.4) is 0 Å². The largest absolute Gasteiger partial charge is 0.357 e. The number of aryl methyl sites for hydroxylation is 2. The first-order chi connectivity index (χ1) is 12.5. The van der Waals surface area contributed by atoms with E-state index in [9.17, 15) is 4.79 Å². The third-order valence-corrected chi connectivity index (χ3v) is 5.07. The first kappa shape index (κ1) is 20.4. The van der Waals surface area contributed by atoms with E-state index in [0.29, 0.717) is 25.2 Å². The van der Waals surface area contributed by atoms with E-state index >= 15 is 0 Å². The molecule has 140 valence electrons. The number of hydrogen-bond donors (Lipinski definition) is 3. The van der Waals surface area contributed by atoms with Crippen molar-refractivity contribution in [3.63, 3.8) is 0 Å². The van der Waals surface area contributed by atoms with Gasteiger partial charge in [0.1, 0.15) is 0 Å². The molecule has 3 N–H and O–H groups in total. The zero-order valence-corrected chi connectivity index (χ0v) is 17.6. The van der Waals surface area contributed by atoms with E-state index < -0.39 is 0 Å². The van der Waals surface area contributed by atoms with Crippen LogP contribution in [0.1, 0.15) is 32.9 Å².